The Morgan fingerprint density at radius 2 is 1.82 bits per heavy atom. The third kappa shape index (κ3) is 2.45. The lowest BCUT2D eigenvalue weighted by Crippen LogP contribution is -2.14. The van der Waals surface area contributed by atoms with Crippen molar-refractivity contribution in [3.63, 3.8) is 0 Å². The van der Waals surface area contributed by atoms with Crippen molar-refractivity contribution in [2.45, 2.75) is 13.0 Å². The molecule has 1 heterocycles. The van der Waals surface area contributed by atoms with E-state index in [0.717, 1.165) is 22.6 Å². The molecule has 1 aromatic heterocycles. The fourth-order valence-electron chi connectivity index (χ4n) is 1.88. The van der Waals surface area contributed by atoms with Gasteiger partial charge < -0.3 is 11.1 Å². The number of aromatic nitrogens is 1. The fourth-order valence-corrected chi connectivity index (χ4v) is 1.88. The van der Waals surface area contributed by atoms with Gasteiger partial charge in [-0.25, -0.2) is 4.98 Å². The summed E-state index contributed by atoms with van der Waals surface area (Å²) in [7, 11) is 1.86. The SMILES string of the molecule is CNc1ccc([C@H](N)c2ccccc2)c(C)n1. The van der Waals surface area contributed by atoms with Crippen LogP contribution in [0.15, 0.2) is 42.5 Å². The summed E-state index contributed by atoms with van der Waals surface area (Å²) in [4.78, 5) is 4.45. The molecule has 88 valence electrons. The molecule has 3 nitrogen and oxygen atoms in total. The van der Waals surface area contributed by atoms with Crippen LogP contribution in [0.2, 0.25) is 0 Å². The number of nitrogens with two attached hydrogens (primary N) is 1. The molecular formula is C14H17N3. The lowest BCUT2D eigenvalue weighted by atomic mass is 9.99. The summed E-state index contributed by atoms with van der Waals surface area (Å²) in [6.45, 7) is 1.99. The van der Waals surface area contributed by atoms with E-state index >= 15 is 0 Å². The molecule has 2 aromatic rings. The summed E-state index contributed by atoms with van der Waals surface area (Å²) in [5, 5.41) is 3.02. The number of pyridine rings is 1. The first-order chi connectivity index (χ1) is 8.22. The quantitative estimate of drug-likeness (QED) is 0.847. The number of hydrogen-bond acceptors (Lipinski definition) is 3. The molecule has 3 N–H and O–H groups in total. The highest BCUT2D eigenvalue weighted by molar-refractivity contribution is 5.41. The Balaban J connectivity index is 2.34. The molecular weight excluding hydrogens is 210 g/mol. The van der Waals surface area contributed by atoms with Gasteiger partial charge in [0.2, 0.25) is 0 Å². The van der Waals surface area contributed by atoms with Gasteiger partial charge in [0.15, 0.2) is 0 Å². The first-order valence-corrected chi connectivity index (χ1v) is 5.68. The zero-order chi connectivity index (χ0) is 12.3. The van der Waals surface area contributed by atoms with E-state index in [0.29, 0.717) is 0 Å². The number of aryl methyl sites for hydroxylation is 1. The average molecular weight is 227 g/mol. The second-order valence-corrected chi connectivity index (χ2v) is 4.01. The van der Waals surface area contributed by atoms with Gasteiger partial charge in [0.05, 0.1) is 6.04 Å². The molecule has 0 saturated heterocycles. The first kappa shape index (κ1) is 11.6. The summed E-state index contributed by atoms with van der Waals surface area (Å²) in [5.74, 6) is 0.867. The highest BCUT2D eigenvalue weighted by atomic mass is 15.0. The monoisotopic (exact) mass is 227 g/mol. The summed E-state index contributed by atoms with van der Waals surface area (Å²) >= 11 is 0. The zero-order valence-corrected chi connectivity index (χ0v) is 10.1. The van der Waals surface area contributed by atoms with E-state index in [9.17, 15) is 0 Å². The van der Waals surface area contributed by atoms with Crippen LogP contribution in [0.4, 0.5) is 5.82 Å². The Hall–Kier alpha value is -1.87. The van der Waals surface area contributed by atoms with Crippen LogP contribution in [0, 0.1) is 6.92 Å². The van der Waals surface area contributed by atoms with Crippen molar-refractivity contribution in [1.29, 1.82) is 0 Å². The van der Waals surface area contributed by atoms with Crippen molar-refractivity contribution in [3.05, 3.63) is 59.3 Å². The minimum Gasteiger partial charge on any atom is -0.373 e. The third-order valence-electron chi connectivity index (χ3n) is 2.88. The maximum atomic E-state index is 6.25. The Morgan fingerprint density at radius 1 is 1.12 bits per heavy atom. The summed E-state index contributed by atoms with van der Waals surface area (Å²) in [5.41, 5.74) is 9.39. The largest absolute Gasteiger partial charge is 0.373 e. The van der Waals surface area contributed by atoms with Crippen LogP contribution in [0.3, 0.4) is 0 Å². The zero-order valence-electron chi connectivity index (χ0n) is 10.1. The maximum Gasteiger partial charge on any atom is 0.125 e. The van der Waals surface area contributed by atoms with Gasteiger partial charge in [0.1, 0.15) is 5.82 Å². The molecule has 0 aliphatic carbocycles. The van der Waals surface area contributed by atoms with Crippen molar-refractivity contribution in [2.24, 2.45) is 5.73 Å². The molecule has 17 heavy (non-hydrogen) atoms. The second kappa shape index (κ2) is 4.97. The van der Waals surface area contributed by atoms with Crippen LogP contribution >= 0.6 is 0 Å². The molecule has 0 saturated carbocycles. The molecule has 0 bridgehead atoms. The first-order valence-electron chi connectivity index (χ1n) is 5.68. The number of nitrogens with one attached hydrogen (secondary N) is 1. The van der Waals surface area contributed by atoms with Crippen LogP contribution in [0.25, 0.3) is 0 Å². The molecule has 0 aliphatic rings. The topological polar surface area (TPSA) is 50.9 Å². The van der Waals surface area contributed by atoms with Crippen LogP contribution in [0.1, 0.15) is 22.9 Å². The predicted octanol–water partition coefficient (Wildman–Crippen LogP) is 2.48. The van der Waals surface area contributed by atoms with Crippen LogP contribution in [0.5, 0.6) is 0 Å². The van der Waals surface area contributed by atoms with Crippen LogP contribution in [-0.4, -0.2) is 12.0 Å². The Morgan fingerprint density at radius 3 is 2.41 bits per heavy atom. The average Bonchev–Trinajstić information content (AvgIpc) is 2.39. The fraction of sp³-hybridized carbons (Fsp3) is 0.214. The van der Waals surface area contributed by atoms with E-state index in [1.165, 1.54) is 0 Å². The van der Waals surface area contributed by atoms with E-state index < -0.39 is 0 Å². The standard InChI is InChI=1S/C14H17N3/c1-10-12(8-9-13(16-2)17-10)14(15)11-6-4-3-5-7-11/h3-9,14H,15H2,1-2H3,(H,16,17)/t14-/m1/s1. The van der Waals surface area contributed by atoms with Crippen molar-refractivity contribution >= 4 is 5.82 Å². The van der Waals surface area contributed by atoms with Gasteiger partial charge in [-0.1, -0.05) is 36.4 Å². The Bertz CT molecular complexity index is 494. The minimum atomic E-state index is -0.116. The van der Waals surface area contributed by atoms with Gasteiger partial charge in [-0.05, 0) is 24.1 Å². The van der Waals surface area contributed by atoms with Crippen LogP contribution in [-0.2, 0) is 0 Å². The van der Waals surface area contributed by atoms with E-state index in [1.807, 2.05) is 56.4 Å². The van der Waals surface area contributed by atoms with Crippen LogP contribution < -0.4 is 11.1 Å². The smallest absolute Gasteiger partial charge is 0.125 e. The normalized spacial score (nSPS) is 12.2. The molecule has 0 spiro atoms. The summed E-state index contributed by atoms with van der Waals surface area (Å²) in [6.07, 6.45) is 0. The highest BCUT2D eigenvalue weighted by Gasteiger charge is 2.11. The molecule has 0 fully saturated rings. The van der Waals surface area contributed by atoms with Gasteiger partial charge in [-0.2, -0.15) is 0 Å². The van der Waals surface area contributed by atoms with Crippen molar-refractivity contribution < 1.29 is 0 Å². The molecule has 0 amide bonds. The van der Waals surface area contributed by atoms with Gasteiger partial charge in [0, 0.05) is 12.7 Å². The van der Waals surface area contributed by atoms with E-state index in [1.54, 1.807) is 0 Å². The summed E-state index contributed by atoms with van der Waals surface area (Å²) in [6, 6.07) is 13.9. The van der Waals surface area contributed by atoms with E-state index in [2.05, 4.69) is 10.3 Å². The summed E-state index contributed by atoms with van der Waals surface area (Å²) < 4.78 is 0. The number of nitrogens with zero attached hydrogens (tertiary/aromatic N) is 1. The second-order valence-electron chi connectivity index (χ2n) is 4.01. The lowest BCUT2D eigenvalue weighted by molar-refractivity contribution is 0.849. The molecule has 3 heteroatoms. The molecule has 2 rings (SSSR count). The van der Waals surface area contributed by atoms with Gasteiger partial charge in [-0.15, -0.1) is 0 Å². The number of benzene rings is 1. The third-order valence-corrected chi connectivity index (χ3v) is 2.88. The Kier molecular flexibility index (Phi) is 3.40. The number of hydrogen-bond donors (Lipinski definition) is 2. The molecule has 0 aliphatic heterocycles. The minimum absolute atomic E-state index is 0.116. The molecule has 1 atom stereocenters. The van der Waals surface area contributed by atoms with Crippen molar-refractivity contribution in [1.82, 2.24) is 4.98 Å². The molecule has 1 aromatic carbocycles. The number of anilines is 1. The van der Waals surface area contributed by atoms with E-state index in [-0.39, 0.29) is 6.04 Å². The van der Waals surface area contributed by atoms with Crippen molar-refractivity contribution in [3.8, 4) is 0 Å². The Labute approximate surface area is 102 Å². The van der Waals surface area contributed by atoms with Gasteiger partial charge >= 0.3 is 0 Å². The van der Waals surface area contributed by atoms with E-state index in [4.69, 9.17) is 5.73 Å². The van der Waals surface area contributed by atoms with Gasteiger partial charge in [-0.3, -0.25) is 0 Å². The van der Waals surface area contributed by atoms with Gasteiger partial charge in [0.25, 0.3) is 0 Å². The molecule has 0 unspecified atom stereocenters. The maximum absolute atomic E-state index is 6.25. The predicted molar refractivity (Wildman–Crippen MR) is 71.0 cm³/mol. The van der Waals surface area contributed by atoms with Crippen molar-refractivity contribution in [2.75, 3.05) is 12.4 Å². The number of rotatable bonds is 3. The highest BCUT2D eigenvalue weighted by Crippen LogP contribution is 2.22. The molecule has 0 radical (unpaired) electrons. The lowest BCUT2D eigenvalue weighted by Gasteiger charge is -2.15.